The zero-order valence-electron chi connectivity index (χ0n) is 74.0. The van der Waals surface area contributed by atoms with E-state index in [4.69, 9.17) is 0 Å². The Balaban J connectivity index is 2.61. The smallest absolute Gasteiger partial charge is 0.123 e. The average molecular weight is 1410 g/mol. The minimum absolute atomic E-state index is 0.0347. The van der Waals surface area contributed by atoms with E-state index in [1.165, 1.54) is 113 Å². The quantitative estimate of drug-likeness (QED) is 0.0390. The molecule has 0 radical (unpaired) electrons. The van der Waals surface area contributed by atoms with Gasteiger partial charge in [-0.3, -0.25) is 0 Å². The molecular formula is C99H168O3. The van der Waals surface area contributed by atoms with Gasteiger partial charge in [-0.2, -0.15) is 0 Å². The first-order valence-corrected chi connectivity index (χ1v) is 42.2. The lowest BCUT2D eigenvalue weighted by molar-refractivity contribution is 0.266. The molecule has 102 heavy (non-hydrogen) atoms. The van der Waals surface area contributed by atoms with Gasteiger partial charge in [-0.25, -0.2) is 0 Å². The van der Waals surface area contributed by atoms with Gasteiger partial charge in [0, 0.05) is 33.4 Å². The second-order valence-corrected chi connectivity index (χ2v) is 44.8. The van der Waals surface area contributed by atoms with Gasteiger partial charge in [0.15, 0.2) is 0 Å². The van der Waals surface area contributed by atoms with E-state index in [1.54, 1.807) is 33.4 Å². The molecule has 0 atom stereocenters. The fraction of sp³-hybridized carbons (Fsp3) is 0.758. The lowest BCUT2D eigenvalue weighted by Crippen LogP contribution is -2.28. The van der Waals surface area contributed by atoms with Gasteiger partial charge in [0.1, 0.15) is 17.2 Å². The van der Waals surface area contributed by atoms with Crippen LogP contribution in [0.5, 0.6) is 17.2 Å². The van der Waals surface area contributed by atoms with Crippen LogP contribution in [0.15, 0.2) is 36.4 Å². The molecule has 3 nitrogen and oxygen atoms in total. The Kier molecular flexibility index (Phi) is 32.0. The highest BCUT2D eigenvalue weighted by molar-refractivity contribution is 5.61. The predicted octanol–water partition coefficient (Wildman–Crippen LogP) is 30.6. The van der Waals surface area contributed by atoms with Gasteiger partial charge in [0.05, 0.1) is 0 Å². The maximum absolute atomic E-state index is 13.2. The number of unbranched alkanes of at least 4 members (excludes halogenated alkanes) is 15. The zero-order valence-corrected chi connectivity index (χ0v) is 74.0. The van der Waals surface area contributed by atoms with E-state index < -0.39 is 0 Å². The fourth-order valence-electron chi connectivity index (χ4n) is 20.5. The first-order valence-electron chi connectivity index (χ1n) is 42.2. The Hall–Kier alpha value is -3.72. The summed E-state index contributed by atoms with van der Waals surface area (Å²) in [6, 6.07) is 14.9. The summed E-state index contributed by atoms with van der Waals surface area (Å²) in [6.45, 7) is 78.5. The molecule has 0 fully saturated rings. The van der Waals surface area contributed by atoms with Gasteiger partial charge >= 0.3 is 0 Å². The van der Waals surface area contributed by atoms with Crippen LogP contribution >= 0.6 is 0 Å². The Labute approximate surface area is 634 Å². The van der Waals surface area contributed by atoms with Crippen molar-refractivity contribution < 1.29 is 15.3 Å². The fourth-order valence-corrected chi connectivity index (χ4v) is 20.5. The van der Waals surface area contributed by atoms with E-state index in [-0.39, 0.29) is 65.0 Å². The summed E-state index contributed by atoms with van der Waals surface area (Å²) in [7, 11) is 0. The van der Waals surface area contributed by atoms with Crippen molar-refractivity contribution in [2.75, 3.05) is 0 Å². The summed E-state index contributed by atoms with van der Waals surface area (Å²) in [5.41, 5.74) is 18.2. The number of hydrogen-bond donors (Lipinski definition) is 3. The molecule has 0 saturated heterocycles. The third-order valence-electron chi connectivity index (χ3n) is 22.4. The molecule has 4 rings (SSSR count). The lowest BCUT2D eigenvalue weighted by atomic mass is 9.67. The summed E-state index contributed by atoms with van der Waals surface area (Å²) in [4.78, 5) is 0. The Morgan fingerprint density at radius 2 is 0.353 bits per heavy atom. The highest BCUT2D eigenvalue weighted by Gasteiger charge is 2.41. The zero-order chi connectivity index (χ0) is 77.8. The highest BCUT2D eigenvalue weighted by atomic mass is 16.3. The minimum Gasteiger partial charge on any atom is -0.507 e. The van der Waals surface area contributed by atoms with E-state index in [2.05, 4.69) is 265 Å². The molecule has 0 saturated carbocycles. The first-order chi connectivity index (χ1) is 46.4. The van der Waals surface area contributed by atoms with Gasteiger partial charge < -0.3 is 15.3 Å². The van der Waals surface area contributed by atoms with Crippen LogP contribution in [-0.4, -0.2) is 15.3 Å². The molecular weight excluding hydrogens is 1240 g/mol. The number of phenols is 3. The Morgan fingerprint density at radius 1 is 0.206 bits per heavy atom. The molecule has 0 unspecified atom stereocenters. The molecule has 0 amide bonds. The van der Waals surface area contributed by atoms with Crippen LogP contribution in [0.2, 0.25) is 0 Å². The SMILES string of the molecule is CCCCCCCCc1c(Cc2cc(C(C)(C)CC(C)(C)C)c(O)c(C(C)(C)CC(C)(C)C)c2)c(CCCCCCCC)c(Cc2cc(C(C)(C)CC(C)(C)C)c(O)c(C(C)(C)CC(C)(C)C)c2)c(CCCCCCCC)c1Cc1cc(C(C)(C)CC(C)(C)C)c(O)c(C(C)(C)CC(C)(C)C)c1. The standard InChI is InChI=1S/C99H168O3/c1-34-37-40-43-46-49-52-73-76(55-70-58-79(94(22,23)64-88(4,5)6)85(100)80(59-70)95(24,25)65-89(7,8)9)74(53-50-47-44-41-38-35-2)78(57-72-62-83(98(30,31)68-92(16,17)18)87(102)84(63-72)99(32,33)69-93(19,20)21)75(54-51-48-45-42-39-36-3)77(73)56-71-60-81(96(26,27)66-90(10,11)12)86(101)82(61-71)97(28,29)67-91(13,14)15/h58-63,100-102H,34-57,64-69H2,1-33H3. The van der Waals surface area contributed by atoms with Crippen molar-refractivity contribution in [3.8, 4) is 17.2 Å². The molecule has 4 aromatic rings. The highest BCUT2D eigenvalue weighted by Crippen LogP contribution is 2.53. The van der Waals surface area contributed by atoms with Crippen molar-refractivity contribution in [3.63, 3.8) is 0 Å². The molecule has 0 aromatic heterocycles. The first kappa shape index (κ1) is 90.7. The van der Waals surface area contributed by atoms with Crippen LogP contribution in [0.3, 0.4) is 0 Å². The molecule has 0 heterocycles. The molecule has 4 aromatic carbocycles. The topological polar surface area (TPSA) is 60.7 Å². The van der Waals surface area contributed by atoms with E-state index in [9.17, 15) is 15.3 Å². The van der Waals surface area contributed by atoms with Crippen LogP contribution < -0.4 is 0 Å². The van der Waals surface area contributed by atoms with Gasteiger partial charge in [-0.05, 0) is 211 Å². The summed E-state index contributed by atoms with van der Waals surface area (Å²) < 4.78 is 0. The third kappa shape index (κ3) is 28.1. The molecule has 3 heteroatoms. The number of benzene rings is 4. The van der Waals surface area contributed by atoms with E-state index in [0.717, 1.165) is 130 Å². The normalized spacial score (nSPS) is 13.9. The molecule has 0 spiro atoms. The van der Waals surface area contributed by atoms with Crippen LogP contribution in [0, 0.1) is 32.5 Å². The second kappa shape index (κ2) is 36.0. The largest absolute Gasteiger partial charge is 0.507 e. The molecule has 582 valence electrons. The second-order valence-electron chi connectivity index (χ2n) is 44.8. The number of rotatable bonds is 39. The maximum Gasteiger partial charge on any atom is 0.123 e. The van der Waals surface area contributed by atoms with Gasteiger partial charge in [0.2, 0.25) is 0 Å². The van der Waals surface area contributed by atoms with Gasteiger partial charge in [-0.15, -0.1) is 0 Å². The minimum atomic E-state index is -0.309. The van der Waals surface area contributed by atoms with Gasteiger partial charge in [0.25, 0.3) is 0 Å². The molecule has 0 aliphatic carbocycles. The van der Waals surface area contributed by atoms with Crippen LogP contribution in [0.1, 0.15) is 466 Å². The summed E-state index contributed by atoms with van der Waals surface area (Å²) in [5, 5.41) is 39.7. The van der Waals surface area contributed by atoms with Crippen molar-refractivity contribution in [1.29, 1.82) is 0 Å². The monoisotopic (exact) mass is 1410 g/mol. The third-order valence-corrected chi connectivity index (χ3v) is 22.4. The predicted molar refractivity (Wildman–Crippen MR) is 453 cm³/mol. The molecule has 0 aliphatic heterocycles. The summed E-state index contributed by atoms with van der Waals surface area (Å²) in [5.74, 6) is 1.47. The number of aromatic hydroxyl groups is 3. The maximum atomic E-state index is 13.2. The molecule has 0 aliphatic rings. The van der Waals surface area contributed by atoms with Crippen LogP contribution in [-0.2, 0) is 71.0 Å². The van der Waals surface area contributed by atoms with Crippen molar-refractivity contribution in [3.05, 3.63) is 120 Å². The Bertz CT molecular complexity index is 2750. The van der Waals surface area contributed by atoms with Crippen molar-refractivity contribution in [2.24, 2.45) is 32.5 Å². The van der Waals surface area contributed by atoms with Crippen molar-refractivity contribution >= 4 is 0 Å². The van der Waals surface area contributed by atoms with Crippen molar-refractivity contribution in [1.82, 2.24) is 0 Å². The summed E-state index contributed by atoms with van der Waals surface area (Å²) >= 11 is 0. The Morgan fingerprint density at radius 3 is 0.500 bits per heavy atom. The lowest BCUT2D eigenvalue weighted by Gasteiger charge is -2.38. The van der Waals surface area contributed by atoms with E-state index >= 15 is 0 Å². The van der Waals surface area contributed by atoms with E-state index in [0.29, 0.717) is 17.2 Å². The molecule has 3 N–H and O–H groups in total. The number of phenolic OH excluding ortho intramolecular Hbond substituents is 3. The molecule has 0 bridgehead atoms. The van der Waals surface area contributed by atoms with Crippen LogP contribution in [0.4, 0.5) is 0 Å². The average Bonchev–Trinajstić information content (AvgIpc) is 0.749. The van der Waals surface area contributed by atoms with E-state index in [1.807, 2.05) is 0 Å². The van der Waals surface area contributed by atoms with Crippen LogP contribution in [0.25, 0.3) is 0 Å². The number of hydrogen-bond acceptors (Lipinski definition) is 3. The summed E-state index contributed by atoms with van der Waals surface area (Å²) in [6.07, 6.45) is 33.2. The van der Waals surface area contributed by atoms with Crippen molar-refractivity contribution in [2.45, 2.75) is 454 Å². The van der Waals surface area contributed by atoms with Gasteiger partial charge in [-0.1, -0.05) is 361 Å².